The molecule has 0 radical (unpaired) electrons. The minimum Gasteiger partial charge on any atom is -0.465 e. The van der Waals surface area contributed by atoms with Crippen LogP contribution in [-0.2, 0) is 6.42 Å². The van der Waals surface area contributed by atoms with Crippen LogP contribution in [0.1, 0.15) is 25.0 Å². The third-order valence-corrected chi connectivity index (χ3v) is 4.92. The van der Waals surface area contributed by atoms with E-state index in [0.29, 0.717) is 33.3 Å². The van der Waals surface area contributed by atoms with Crippen LogP contribution >= 0.6 is 0 Å². The molecule has 9 heteroatoms. The third kappa shape index (κ3) is 4.88. The van der Waals surface area contributed by atoms with Crippen LogP contribution in [0, 0.1) is 12.7 Å². The number of carbonyl (C=O) groups excluding carboxylic acids is 1. The summed E-state index contributed by atoms with van der Waals surface area (Å²) in [5, 5.41) is 17.8. The van der Waals surface area contributed by atoms with Crippen LogP contribution in [0.25, 0.3) is 21.9 Å². The zero-order valence-electron chi connectivity index (χ0n) is 17.7. The summed E-state index contributed by atoms with van der Waals surface area (Å²) in [7, 11) is 1.49. The molecule has 162 valence electrons. The van der Waals surface area contributed by atoms with Crippen molar-refractivity contribution in [3.05, 3.63) is 53.7 Å². The van der Waals surface area contributed by atoms with Crippen molar-refractivity contribution in [2.45, 2.75) is 32.7 Å². The van der Waals surface area contributed by atoms with Gasteiger partial charge in [0.05, 0.1) is 0 Å². The molecule has 0 aliphatic rings. The van der Waals surface area contributed by atoms with Gasteiger partial charge < -0.3 is 15.7 Å². The van der Waals surface area contributed by atoms with E-state index in [1.54, 1.807) is 44.4 Å². The summed E-state index contributed by atoms with van der Waals surface area (Å²) in [5.41, 5.74) is 1.22. The van der Waals surface area contributed by atoms with E-state index in [1.165, 1.54) is 13.2 Å². The zero-order valence-corrected chi connectivity index (χ0v) is 17.7. The van der Waals surface area contributed by atoms with Gasteiger partial charge in [0.1, 0.15) is 11.6 Å². The van der Waals surface area contributed by atoms with Gasteiger partial charge in [-0.1, -0.05) is 0 Å². The number of aromatic nitrogens is 2. The summed E-state index contributed by atoms with van der Waals surface area (Å²) in [5.74, 6) is -0.154. The molecule has 3 amide bonds. The summed E-state index contributed by atoms with van der Waals surface area (Å²) in [6.07, 6.45) is 3.61. The maximum absolute atomic E-state index is 15.8. The minimum atomic E-state index is -1.19. The number of pyridine rings is 2. The largest absolute Gasteiger partial charge is 0.465 e. The van der Waals surface area contributed by atoms with Crippen molar-refractivity contribution in [2.24, 2.45) is 0 Å². The highest BCUT2D eigenvalue weighted by Gasteiger charge is 2.26. The molecule has 0 unspecified atom stereocenters. The smallest absolute Gasteiger partial charge is 0.405 e. The lowest BCUT2D eigenvalue weighted by Crippen LogP contribution is -2.44. The first-order valence-corrected chi connectivity index (χ1v) is 9.63. The number of urea groups is 1. The van der Waals surface area contributed by atoms with Gasteiger partial charge in [-0.3, -0.25) is 10.3 Å². The number of carboxylic acid groups (broad SMARTS) is 1. The fraction of sp³-hybridized carbons (Fsp3) is 0.273. The summed E-state index contributed by atoms with van der Waals surface area (Å²) in [6, 6.07) is 4.70. The Kier molecular flexibility index (Phi) is 6.05. The number of nitrogens with zero attached hydrogens (tertiary/aromatic N) is 2. The van der Waals surface area contributed by atoms with E-state index in [2.05, 4.69) is 25.9 Å². The Bertz CT molecular complexity index is 1160. The molecule has 3 rings (SSSR count). The topological polar surface area (TPSA) is 116 Å². The quantitative estimate of drug-likeness (QED) is 0.491. The van der Waals surface area contributed by atoms with Crippen LogP contribution in [0.15, 0.2) is 36.8 Å². The van der Waals surface area contributed by atoms with Gasteiger partial charge in [-0.15, -0.1) is 0 Å². The Hall–Kier alpha value is -3.75. The Morgan fingerprint density at radius 1 is 1.19 bits per heavy atom. The normalized spacial score (nSPS) is 11.3. The second kappa shape index (κ2) is 8.55. The van der Waals surface area contributed by atoms with Gasteiger partial charge in [0, 0.05) is 53.3 Å². The van der Waals surface area contributed by atoms with Crippen molar-refractivity contribution in [2.75, 3.05) is 12.4 Å². The highest BCUT2D eigenvalue weighted by molar-refractivity contribution is 5.95. The van der Waals surface area contributed by atoms with E-state index in [1.807, 2.05) is 6.92 Å². The van der Waals surface area contributed by atoms with Crippen LogP contribution in [-0.4, -0.2) is 39.8 Å². The Labute approximate surface area is 178 Å². The molecule has 0 aliphatic carbocycles. The Morgan fingerprint density at radius 2 is 1.94 bits per heavy atom. The van der Waals surface area contributed by atoms with E-state index >= 15 is 4.39 Å². The van der Waals surface area contributed by atoms with E-state index in [9.17, 15) is 9.59 Å². The molecule has 1 aromatic carbocycles. The van der Waals surface area contributed by atoms with E-state index < -0.39 is 23.5 Å². The predicted octanol–water partition coefficient (Wildman–Crippen LogP) is 4.08. The van der Waals surface area contributed by atoms with Crippen molar-refractivity contribution >= 4 is 28.7 Å². The summed E-state index contributed by atoms with van der Waals surface area (Å²) < 4.78 is 15.8. The number of nitrogens with one attached hydrogen (secondary N) is 3. The number of carbonyl (C=O) groups is 2. The van der Waals surface area contributed by atoms with E-state index in [0.717, 1.165) is 5.56 Å². The molecule has 0 saturated carbocycles. The molecule has 0 atom stereocenters. The first kappa shape index (κ1) is 21.9. The van der Waals surface area contributed by atoms with Crippen LogP contribution in [0.2, 0.25) is 0 Å². The molecule has 0 spiro atoms. The fourth-order valence-corrected chi connectivity index (χ4v) is 3.48. The maximum Gasteiger partial charge on any atom is 0.405 e. The molecule has 3 aromatic rings. The van der Waals surface area contributed by atoms with Gasteiger partial charge in [0.15, 0.2) is 0 Å². The third-order valence-electron chi connectivity index (χ3n) is 4.92. The number of fused-ring (bicyclic) bond motifs is 1. The average molecular weight is 425 g/mol. The average Bonchev–Trinajstić information content (AvgIpc) is 2.69. The van der Waals surface area contributed by atoms with Crippen molar-refractivity contribution in [1.29, 1.82) is 0 Å². The highest BCUT2D eigenvalue weighted by Crippen LogP contribution is 2.35. The Morgan fingerprint density at radius 3 is 2.58 bits per heavy atom. The van der Waals surface area contributed by atoms with Gasteiger partial charge in [-0.2, -0.15) is 0 Å². The number of amides is 3. The standard InChI is InChI=1S/C22H24FN5O3/c1-12-5-6-25-10-16(12)14-7-13-8-18(27-20(29)24-4)26-11-17(13)15(19(14)23)9-22(2,3)28-21(30)31/h5-8,10-11,28H,9H2,1-4H3,(H,30,31)(H2,24,26,27,29). The molecule has 0 saturated heterocycles. The molecular weight excluding hydrogens is 401 g/mol. The molecular formula is C22H24FN5O3. The number of rotatable bonds is 5. The molecule has 0 fully saturated rings. The van der Waals surface area contributed by atoms with E-state index in [4.69, 9.17) is 5.11 Å². The number of aryl methyl sites for hydroxylation is 1. The summed E-state index contributed by atoms with van der Waals surface area (Å²) >= 11 is 0. The van der Waals surface area contributed by atoms with Gasteiger partial charge in [0.2, 0.25) is 0 Å². The summed E-state index contributed by atoms with van der Waals surface area (Å²) in [4.78, 5) is 31.2. The lowest BCUT2D eigenvalue weighted by atomic mass is 9.88. The molecule has 31 heavy (non-hydrogen) atoms. The fourth-order valence-electron chi connectivity index (χ4n) is 3.48. The minimum absolute atomic E-state index is 0.0959. The van der Waals surface area contributed by atoms with Gasteiger partial charge in [0.25, 0.3) is 0 Å². The monoisotopic (exact) mass is 425 g/mol. The van der Waals surface area contributed by atoms with Gasteiger partial charge in [-0.25, -0.2) is 19.0 Å². The first-order valence-electron chi connectivity index (χ1n) is 9.63. The highest BCUT2D eigenvalue weighted by atomic mass is 19.1. The molecule has 2 aromatic heterocycles. The van der Waals surface area contributed by atoms with Crippen molar-refractivity contribution in [3.63, 3.8) is 0 Å². The molecule has 2 heterocycles. The number of hydrogen-bond donors (Lipinski definition) is 4. The number of anilines is 1. The lowest BCUT2D eigenvalue weighted by Gasteiger charge is -2.26. The Balaban J connectivity index is 2.23. The zero-order chi connectivity index (χ0) is 22.8. The number of hydrogen-bond acceptors (Lipinski definition) is 4. The maximum atomic E-state index is 15.8. The second-order valence-electron chi connectivity index (χ2n) is 7.89. The summed E-state index contributed by atoms with van der Waals surface area (Å²) in [6.45, 7) is 5.23. The first-order chi connectivity index (χ1) is 14.6. The van der Waals surface area contributed by atoms with Crippen molar-refractivity contribution < 1.29 is 19.1 Å². The van der Waals surface area contributed by atoms with Crippen LogP contribution in [0.4, 0.5) is 19.8 Å². The molecule has 4 N–H and O–H groups in total. The molecule has 0 bridgehead atoms. The van der Waals surface area contributed by atoms with Crippen LogP contribution < -0.4 is 16.0 Å². The number of benzene rings is 1. The molecule has 8 nitrogen and oxygen atoms in total. The SMILES string of the molecule is CNC(=O)Nc1cc2cc(-c3cnccc3C)c(F)c(CC(C)(C)NC(=O)O)c2cn1. The van der Waals surface area contributed by atoms with Crippen molar-refractivity contribution in [3.8, 4) is 11.1 Å². The predicted molar refractivity (Wildman–Crippen MR) is 117 cm³/mol. The van der Waals surface area contributed by atoms with Gasteiger partial charge >= 0.3 is 12.1 Å². The molecule has 0 aliphatic heterocycles. The second-order valence-corrected chi connectivity index (χ2v) is 7.89. The van der Waals surface area contributed by atoms with Crippen molar-refractivity contribution in [1.82, 2.24) is 20.6 Å². The van der Waals surface area contributed by atoms with Crippen LogP contribution in [0.5, 0.6) is 0 Å². The number of halogens is 1. The van der Waals surface area contributed by atoms with Gasteiger partial charge in [-0.05, 0) is 56.3 Å². The lowest BCUT2D eigenvalue weighted by molar-refractivity contribution is 0.182. The van der Waals surface area contributed by atoms with Crippen LogP contribution in [0.3, 0.4) is 0 Å². The van der Waals surface area contributed by atoms with E-state index in [-0.39, 0.29) is 6.42 Å².